The van der Waals surface area contributed by atoms with Gasteiger partial charge in [-0.2, -0.15) is 0 Å². The van der Waals surface area contributed by atoms with Crippen molar-refractivity contribution < 1.29 is 0 Å². The van der Waals surface area contributed by atoms with Gasteiger partial charge in [-0.15, -0.1) is 0 Å². The molecule has 0 saturated carbocycles. The van der Waals surface area contributed by atoms with Crippen LogP contribution in [0.2, 0.25) is 0 Å². The summed E-state index contributed by atoms with van der Waals surface area (Å²) < 4.78 is 2.37. The Morgan fingerprint density at radius 3 is 1.37 bits per heavy atom. The van der Waals surface area contributed by atoms with Crippen LogP contribution in [0.15, 0.2) is 213 Å². The standard InChI is InChI=1S/C56H35N3/c1-2-14-46(15-3-1)59-53-19-7-6-17-48(53)52-35-45(25-27-54(52)59)39-13-9-11-37(31-39)41-21-23-42-32-40(20-22-43(42)33-41)36-10-8-12-38(30-36)44-24-26-50-51(34-44)47-16-4-5-18-49(47)55-56(50)58-29-28-57-55/h1-35H. The van der Waals surface area contributed by atoms with E-state index in [1.54, 1.807) is 12.4 Å². The Labute approximate surface area is 341 Å². The molecule has 2 aromatic heterocycles. The Morgan fingerprint density at radius 1 is 0.271 bits per heavy atom. The van der Waals surface area contributed by atoms with E-state index in [-0.39, 0.29) is 0 Å². The predicted octanol–water partition coefficient (Wildman–Crippen LogP) is 14.9. The highest BCUT2D eigenvalue weighted by molar-refractivity contribution is 6.23. The van der Waals surface area contributed by atoms with E-state index in [2.05, 4.69) is 205 Å². The number of para-hydroxylation sites is 2. The maximum atomic E-state index is 4.74. The minimum absolute atomic E-state index is 0.940. The molecule has 274 valence electrons. The molecule has 2 heterocycles. The normalized spacial score (nSPS) is 11.7. The third kappa shape index (κ3) is 5.51. The fraction of sp³-hybridized carbons (Fsp3) is 0. The third-order valence-electron chi connectivity index (χ3n) is 12.0. The van der Waals surface area contributed by atoms with Gasteiger partial charge < -0.3 is 4.57 Å². The number of hydrogen-bond donors (Lipinski definition) is 0. The van der Waals surface area contributed by atoms with Gasteiger partial charge in [0.05, 0.1) is 22.1 Å². The van der Waals surface area contributed by atoms with Crippen LogP contribution in [0.5, 0.6) is 0 Å². The minimum Gasteiger partial charge on any atom is -0.309 e. The maximum absolute atomic E-state index is 4.74. The zero-order chi connectivity index (χ0) is 38.9. The second kappa shape index (κ2) is 13.4. The van der Waals surface area contributed by atoms with Crippen molar-refractivity contribution in [1.29, 1.82) is 0 Å². The molecular weight excluding hydrogens is 715 g/mol. The second-order valence-corrected chi connectivity index (χ2v) is 15.4. The molecule has 3 nitrogen and oxygen atoms in total. The lowest BCUT2D eigenvalue weighted by Gasteiger charge is -2.12. The Morgan fingerprint density at radius 2 is 0.729 bits per heavy atom. The smallest absolute Gasteiger partial charge is 0.0971 e. The van der Waals surface area contributed by atoms with Gasteiger partial charge in [0.15, 0.2) is 0 Å². The molecule has 59 heavy (non-hydrogen) atoms. The third-order valence-corrected chi connectivity index (χ3v) is 12.0. The molecule has 0 N–H and O–H groups in total. The molecule has 0 fully saturated rings. The lowest BCUT2D eigenvalue weighted by molar-refractivity contribution is 1.18. The monoisotopic (exact) mass is 749 g/mol. The zero-order valence-corrected chi connectivity index (χ0v) is 32.0. The first kappa shape index (κ1) is 33.3. The number of rotatable bonds is 5. The number of fused-ring (bicyclic) bond motifs is 10. The first-order valence-corrected chi connectivity index (χ1v) is 20.1. The molecule has 0 atom stereocenters. The summed E-state index contributed by atoms with van der Waals surface area (Å²) in [5, 5.41) is 9.60. The zero-order valence-electron chi connectivity index (χ0n) is 32.0. The van der Waals surface area contributed by atoms with Gasteiger partial charge >= 0.3 is 0 Å². The molecule has 0 aliphatic heterocycles. The van der Waals surface area contributed by atoms with Crippen LogP contribution in [0.25, 0.3) is 115 Å². The van der Waals surface area contributed by atoms with Crippen LogP contribution in [0.4, 0.5) is 0 Å². The number of nitrogens with zero attached hydrogens (tertiary/aromatic N) is 3. The van der Waals surface area contributed by atoms with Crippen molar-refractivity contribution in [2.75, 3.05) is 0 Å². The summed E-state index contributed by atoms with van der Waals surface area (Å²) in [5.74, 6) is 0. The number of aromatic nitrogens is 3. The molecule has 0 radical (unpaired) electrons. The van der Waals surface area contributed by atoms with Crippen molar-refractivity contribution in [3.63, 3.8) is 0 Å². The van der Waals surface area contributed by atoms with E-state index in [4.69, 9.17) is 9.97 Å². The first-order chi connectivity index (χ1) is 29.2. The summed E-state index contributed by atoms with van der Waals surface area (Å²) in [6.45, 7) is 0. The number of hydrogen-bond acceptors (Lipinski definition) is 2. The molecule has 0 bridgehead atoms. The quantitative estimate of drug-likeness (QED) is 0.164. The van der Waals surface area contributed by atoms with Gasteiger partial charge in [-0.3, -0.25) is 9.97 Å². The summed E-state index contributed by atoms with van der Waals surface area (Å²) in [4.78, 5) is 9.45. The van der Waals surface area contributed by atoms with Crippen molar-refractivity contribution in [2.24, 2.45) is 0 Å². The van der Waals surface area contributed by atoms with Crippen LogP contribution in [-0.2, 0) is 0 Å². The van der Waals surface area contributed by atoms with Crippen molar-refractivity contribution >= 4 is 65.2 Å². The van der Waals surface area contributed by atoms with Gasteiger partial charge in [0.25, 0.3) is 0 Å². The summed E-state index contributed by atoms with van der Waals surface area (Å²) in [6, 6.07) is 73.0. The first-order valence-electron chi connectivity index (χ1n) is 20.1. The van der Waals surface area contributed by atoms with Gasteiger partial charge in [-0.05, 0) is 127 Å². The average Bonchev–Trinajstić information content (AvgIpc) is 3.65. The van der Waals surface area contributed by atoms with Crippen LogP contribution in [-0.4, -0.2) is 14.5 Å². The Hall–Kier alpha value is -7.88. The molecule has 10 aromatic carbocycles. The molecule has 0 unspecified atom stereocenters. The predicted molar refractivity (Wildman–Crippen MR) is 248 cm³/mol. The van der Waals surface area contributed by atoms with E-state index in [9.17, 15) is 0 Å². The summed E-state index contributed by atoms with van der Waals surface area (Å²) in [7, 11) is 0. The topological polar surface area (TPSA) is 30.7 Å². The number of benzene rings is 10. The Bertz CT molecular complexity index is 3580. The highest BCUT2D eigenvalue weighted by atomic mass is 15.0. The van der Waals surface area contributed by atoms with E-state index in [0.29, 0.717) is 0 Å². The molecule has 0 saturated heterocycles. The summed E-state index contributed by atoms with van der Waals surface area (Å²) in [6.07, 6.45) is 3.56. The molecule has 3 heteroatoms. The van der Waals surface area contributed by atoms with E-state index in [1.807, 2.05) is 0 Å². The van der Waals surface area contributed by atoms with Crippen LogP contribution in [0.3, 0.4) is 0 Å². The van der Waals surface area contributed by atoms with Crippen LogP contribution in [0.1, 0.15) is 0 Å². The lowest BCUT2D eigenvalue weighted by atomic mass is 9.93. The van der Waals surface area contributed by atoms with Gasteiger partial charge in [0.2, 0.25) is 0 Å². The summed E-state index contributed by atoms with van der Waals surface area (Å²) >= 11 is 0. The van der Waals surface area contributed by atoms with E-state index in [1.165, 1.54) is 93.5 Å². The summed E-state index contributed by atoms with van der Waals surface area (Å²) in [5.41, 5.74) is 15.1. The highest BCUT2D eigenvalue weighted by Gasteiger charge is 2.15. The van der Waals surface area contributed by atoms with Gasteiger partial charge in [0.1, 0.15) is 0 Å². The van der Waals surface area contributed by atoms with Crippen molar-refractivity contribution in [3.8, 4) is 50.2 Å². The lowest BCUT2D eigenvalue weighted by Crippen LogP contribution is -1.92. The van der Waals surface area contributed by atoms with Crippen molar-refractivity contribution in [1.82, 2.24) is 14.5 Å². The Balaban J connectivity index is 0.870. The SMILES string of the molecule is c1ccc(-n2c3ccccc3c3cc(-c4cccc(-c5ccc6cc(-c7cccc(-c8ccc9c(c8)c8ccccc8c8nccnc98)c7)ccc6c5)c4)ccc32)cc1. The fourth-order valence-corrected chi connectivity index (χ4v) is 9.18. The van der Waals surface area contributed by atoms with E-state index < -0.39 is 0 Å². The molecule has 0 amide bonds. The molecule has 12 aromatic rings. The molecule has 0 spiro atoms. The van der Waals surface area contributed by atoms with E-state index >= 15 is 0 Å². The van der Waals surface area contributed by atoms with Crippen LogP contribution in [0, 0.1) is 0 Å². The molecular formula is C56H35N3. The van der Waals surface area contributed by atoms with Crippen molar-refractivity contribution in [2.45, 2.75) is 0 Å². The van der Waals surface area contributed by atoms with Gasteiger partial charge in [-0.25, -0.2) is 0 Å². The van der Waals surface area contributed by atoms with Gasteiger partial charge in [0, 0.05) is 39.6 Å². The van der Waals surface area contributed by atoms with Crippen LogP contribution >= 0.6 is 0 Å². The fourth-order valence-electron chi connectivity index (χ4n) is 9.18. The van der Waals surface area contributed by atoms with Crippen molar-refractivity contribution in [3.05, 3.63) is 213 Å². The highest BCUT2D eigenvalue weighted by Crippen LogP contribution is 2.39. The van der Waals surface area contributed by atoms with E-state index in [0.717, 1.165) is 21.8 Å². The molecule has 12 rings (SSSR count). The van der Waals surface area contributed by atoms with Gasteiger partial charge in [-0.1, -0.05) is 140 Å². The minimum atomic E-state index is 0.940. The average molecular weight is 750 g/mol. The van der Waals surface area contributed by atoms with Crippen LogP contribution < -0.4 is 0 Å². The second-order valence-electron chi connectivity index (χ2n) is 15.4. The Kier molecular flexibility index (Phi) is 7.54. The molecule has 0 aliphatic rings. The molecule has 0 aliphatic carbocycles. The largest absolute Gasteiger partial charge is 0.309 e. The maximum Gasteiger partial charge on any atom is 0.0971 e.